The second-order valence-corrected chi connectivity index (χ2v) is 5.13. The molecule has 1 aliphatic rings. The topological polar surface area (TPSA) is 57.8 Å². The van der Waals surface area contributed by atoms with E-state index in [4.69, 9.17) is 0 Å². The van der Waals surface area contributed by atoms with Crippen molar-refractivity contribution in [2.24, 2.45) is 5.92 Å². The summed E-state index contributed by atoms with van der Waals surface area (Å²) in [5, 5.41) is 10.0. The third-order valence-corrected chi connectivity index (χ3v) is 3.58. The highest BCUT2D eigenvalue weighted by Crippen LogP contribution is 2.32. The van der Waals surface area contributed by atoms with Crippen LogP contribution in [-0.2, 0) is 0 Å². The molecule has 1 aliphatic carbocycles. The van der Waals surface area contributed by atoms with E-state index in [1.807, 2.05) is 30.3 Å². The Kier molecular flexibility index (Phi) is 3.07. The lowest BCUT2D eigenvalue weighted by Crippen LogP contribution is -2.34. The molecule has 1 amide bonds. The Labute approximate surface area is 112 Å². The Morgan fingerprint density at radius 2 is 2.11 bits per heavy atom. The summed E-state index contributed by atoms with van der Waals surface area (Å²) in [6.45, 7) is 2.06. The average molecular weight is 255 g/mol. The van der Waals surface area contributed by atoms with Crippen LogP contribution < -0.4 is 5.32 Å². The van der Waals surface area contributed by atoms with Gasteiger partial charge in [0.05, 0.1) is 5.69 Å². The van der Waals surface area contributed by atoms with Gasteiger partial charge in [-0.1, -0.05) is 30.3 Å². The van der Waals surface area contributed by atoms with Gasteiger partial charge in [0.2, 0.25) is 0 Å². The molecule has 1 heterocycles. The Morgan fingerprint density at radius 3 is 2.79 bits per heavy atom. The molecule has 0 saturated heterocycles. The fourth-order valence-electron chi connectivity index (χ4n) is 2.19. The van der Waals surface area contributed by atoms with Crippen LogP contribution in [0.2, 0.25) is 0 Å². The Bertz CT molecular complexity index is 572. The summed E-state index contributed by atoms with van der Waals surface area (Å²) < 4.78 is 0. The fraction of sp³-hybridized carbons (Fsp3) is 0.333. The van der Waals surface area contributed by atoms with Crippen LogP contribution in [0.3, 0.4) is 0 Å². The van der Waals surface area contributed by atoms with Gasteiger partial charge in [0, 0.05) is 11.6 Å². The van der Waals surface area contributed by atoms with Crippen molar-refractivity contribution < 1.29 is 4.79 Å². The first-order valence-electron chi connectivity index (χ1n) is 6.66. The van der Waals surface area contributed by atoms with Crippen molar-refractivity contribution in [3.8, 4) is 11.3 Å². The number of amides is 1. The molecule has 1 fully saturated rings. The van der Waals surface area contributed by atoms with E-state index in [1.165, 1.54) is 12.8 Å². The van der Waals surface area contributed by atoms with Crippen molar-refractivity contribution in [1.29, 1.82) is 0 Å². The molecule has 4 heteroatoms. The predicted octanol–water partition coefficient (Wildman–Crippen LogP) is 2.61. The molecule has 1 atom stereocenters. The molecule has 1 unspecified atom stereocenters. The summed E-state index contributed by atoms with van der Waals surface area (Å²) in [5.74, 6) is 0.578. The molecule has 0 bridgehead atoms. The number of hydrogen-bond donors (Lipinski definition) is 2. The Morgan fingerprint density at radius 1 is 1.37 bits per heavy atom. The van der Waals surface area contributed by atoms with E-state index in [0.717, 1.165) is 11.3 Å². The SMILES string of the molecule is CC(NC(=O)c1cc(-c2ccccc2)n[nH]1)C1CC1. The van der Waals surface area contributed by atoms with Crippen LogP contribution in [0.1, 0.15) is 30.3 Å². The first-order chi connectivity index (χ1) is 9.24. The van der Waals surface area contributed by atoms with E-state index in [0.29, 0.717) is 11.6 Å². The highest BCUT2D eigenvalue weighted by atomic mass is 16.2. The summed E-state index contributed by atoms with van der Waals surface area (Å²) in [5.41, 5.74) is 2.32. The van der Waals surface area contributed by atoms with Gasteiger partial charge in [-0.05, 0) is 31.7 Å². The minimum absolute atomic E-state index is 0.0749. The lowest BCUT2D eigenvalue weighted by molar-refractivity contribution is 0.0931. The predicted molar refractivity (Wildman–Crippen MR) is 73.7 cm³/mol. The maximum atomic E-state index is 12.0. The molecule has 0 radical (unpaired) electrons. The average Bonchev–Trinajstić information content (AvgIpc) is 3.17. The second-order valence-electron chi connectivity index (χ2n) is 5.13. The molecule has 2 aromatic rings. The van der Waals surface area contributed by atoms with Crippen LogP contribution in [0.4, 0.5) is 0 Å². The fourth-order valence-corrected chi connectivity index (χ4v) is 2.19. The number of aromatic amines is 1. The molecule has 1 aromatic heterocycles. The molecule has 0 aliphatic heterocycles. The standard InChI is InChI=1S/C15H17N3O/c1-10(11-7-8-11)16-15(19)14-9-13(17-18-14)12-5-3-2-4-6-12/h2-6,9-11H,7-8H2,1H3,(H,16,19)(H,17,18). The summed E-state index contributed by atoms with van der Waals surface area (Å²) in [6, 6.07) is 11.9. The quantitative estimate of drug-likeness (QED) is 0.882. The summed E-state index contributed by atoms with van der Waals surface area (Å²) in [6.07, 6.45) is 2.44. The van der Waals surface area contributed by atoms with Crippen molar-refractivity contribution in [3.63, 3.8) is 0 Å². The van der Waals surface area contributed by atoms with E-state index in [9.17, 15) is 4.79 Å². The number of nitrogens with zero attached hydrogens (tertiary/aromatic N) is 1. The summed E-state index contributed by atoms with van der Waals surface area (Å²) in [7, 11) is 0. The molecule has 19 heavy (non-hydrogen) atoms. The van der Waals surface area contributed by atoms with Gasteiger partial charge in [0.15, 0.2) is 0 Å². The van der Waals surface area contributed by atoms with Crippen LogP contribution >= 0.6 is 0 Å². The molecule has 1 saturated carbocycles. The number of aromatic nitrogens is 2. The molecular formula is C15H17N3O. The smallest absolute Gasteiger partial charge is 0.269 e. The van der Waals surface area contributed by atoms with Gasteiger partial charge in [0.1, 0.15) is 5.69 Å². The van der Waals surface area contributed by atoms with E-state index in [-0.39, 0.29) is 11.9 Å². The van der Waals surface area contributed by atoms with Crippen LogP contribution in [-0.4, -0.2) is 22.1 Å². The Balaban J connectivity index is 1.72. The van der Waals surface area contributed by atoms with Crippen LogP contribution in [0.25, 0.3) is 11.3 Å². The number of hydrogen-bond acceptors (Lipinski definition) is 2. The van der Waals surface area contributed by atoms with Crippen LogP contribution in [0.5, 0.6) is 0 Å². The summed E-state index contributed by atoms with van der Waals surface area (Å²) >= 11 is 0. The lowest BCUT2D eigenvalue weighted by Gasteiger charge is -2.11. The zero-order chi connectivity index (χ0) is 13.2. The van der Waals surface area contributed by atoms with E-state index < -0.39 is 0 Å². The number of carbonyl (C=O) groups is 1. The second kappa shape index (κ2) is 4.88. The van der Waals surface area contributed by atoms with E-state index in [2.05, 4.69) is 22.4 Å². The van der Waals surface area contributed by atoms with Crippen LogP contribution in [0, 0.1) is 5.92 Å². The molecule has 0 spiro atoms. The monoisotopic (exact) mass is 255 g/mol. The number of carbonyl (C=O) groups excluding carboxylic acids is 1. The number of H-pyrrole nitrogens is 1. The number of rotatable bonds is 4. The van der Waals surface area contributed by atoms with Crippen molar-refractivity contribution >= 4 is 5.91 Å². The van der Waals surface area contributed by atoms with Gasteiger partial charge in [-0.25, -0.2) is 0 Å². The van der Waals surface area contributed by atoms with Gasteiger partial charge >= 0.3 is 0 Å². The number of nitrogens with one attached hydrogen (secondary N) is 2. The highest BCUT2D eigenvalue weighted by Gasteiger charge is 2.29. The highest BCUT2D eigenvalue weighted by molar-refractivity contribution is 5.93. The first-order valence-corrected chi connectivity index (χ1v) is 6.66. The van der Waals surface area contributed by atoms with Crippen molar-refractivity contribution in [1.82, 2.24) is 15.5 Å². The normalized spacial score (nSPS) is 16.1. The zero-order valence-electron chi connectivity index (χ0n) is 10.9. The van der Waals surface area contributed by atoms with Gasteiger partial charge < -0.3 is 5.32 Å². The van der Waals surface area contributed by atoms with E-state index >= 15 is 0 Å². The van der Waals surface area contributed by atoms with Crippen LogP contribution in [0.15, 0.2) is 36.4 Å². The molecule has 3 rings (SSSR count). The maximum Gasteiger partial charge on any atom is 0.269 e. The maximum absolute atomic E-state index is 12.0. The molecule has 4 nitrogen and oxygen atoms in total. The van der Waals surface area contributed by atoms with Gasteiger partial charge in [0.25, 0.3) is 5.91 Å². The minimum atomic E-state index is -0.0749. The first kappa shape index (κ1) is 12.0. The third kappa shape index (κ3) is 2.67. The third-order valence-electron chi connectivity index (χ3n) is 3.58. The van der Waals surface area contributed by atoms with Crippen molar-refractivity contribution in [3.05, 3.63) is 42.1 Å². The van der Waals surface area contributed by atoms with Crippen molar-refractivity contribution in [2.45, 2.75) is 25.8 Å². The van der Waals surface area contributed by atoms with Gasteiger partial charge in [-0.15, -0.1) is 0 Å². The lowest BCUT2D eigenvalue weighted by atomic mass is 10.1. The molecule has 2 N–H and O–H groups in total. The molecular weight excluding hydrogens is 238 g/mol. The Hall–Kier alpha value is -2.10. The van der Waals surface area contributed by atoms with Gasteiger partial charge in [-0.3, -0.25) is 9.89 Å². The zero-order valence-corrected chi connectivity index (χ0v) is 10.9. The summed E-state index contributed by atoms with van der Waals surface area (Å²) in [4.78, 5) is 12.0. The van der Waals surface area contributed by atoms with E-state index in [1.54, 1.807) is 6.07 Å². The number of benzene rings is 1. The largest absolute Gasteiger partial charge is 0.348 e. The minimum Gasteiger partial charge on any atom is -0.348 e. The van der Waals surface area contributed by atoms with Crippen molar-refractivity contribution in [2.75, 3.05) is 0 Å². The molecule has 98 valence electrons. The molecule has 1 aromatic carbocycles. The van der Waals surface area contributed by atoms with Gasteiger partial charge in [-0.2, -0.15) is 5.10 Å².